The summed E-state index contributed by atoms with van der Waals surface area (Å²) in [5, 5.41) is 17.7. The number of anilines is 1. The number of aryl methyl sites for hydroxylation is 6. The normalized spacial score (nSPS) is 14.6. The fourth-order valence-corrected chi connectivity index (χ4v) is 8.40. The summed E-state index contributed by atoms with van der Waals surface area (Å²) >= 11 is 13.5. The van der Waals surface area contributed by atoms with Crippen LogP contribution in [-0.2, 0) is 20.5 Å². The number of carbonyl (C=O) groups is 2. The smallest absolute Gasteiger partial charge is 0.338 e. The van der Waals surface area contributed by atoms with Gasteiger partial charge in [0, 0.05) is 65.0 Å². The minimum atomic E-state index is -0.993. The van der Waals surface area contributed by atoms with Crippen molar-refractivity contribution in [2.45, 2.75) is 60.4 Å². The number of rotatable bonds is 8. The number of carboxylic acid groups (broad SMARTS) is 1. The van der Waals surface area contributed by atoms with Crippen molar-refractivity contribution in [2.24, 2.45) is 14.1 Å². The summed E-state index contributed by atoms with van der Waals surface area (Å²) < 4.78 is 12.1. The molecule has 0 saturated heterocycles. The molecule has 9 nitrogen and oxygen atoms in total. The second-order valence-corrected chi connectivity index (χ2v) is 14.6. The number of fused-ring (bicyclic) bond motifs is 4. The van der Waals surface area contributed by atoms with Crippen molar-refractivity contribution in [3.63, 3.8) is 0 Å². The topological polar surface area (TPSA) is 94.5 Å². The van der Waals surface area contributed by atoms with Crippen LogP contribution in [0, 0.1) is 34.6 Å². The number of benzene rings is 3. The van der Waals surface area contributed by atoms with Crippen LogP contribution in [-0.4, -0.2) is 49.0 Å². The number of carbonyl (C=O) groups excluding carboxylic acids is 1. The van der Waals surface area contributed by atoms with Gasteiger partial charge < -0.3 is 23.9 Å². The van der Waals surface area contributed by atoms with E-state index in [2.05, 4.69) is 11.5 Å². The van der Waals surface area contributed by atoms with Gasteiger partial charge in [-0.25, -0.2) is 4.79 Å². The molecule has 1 unspecified atom stereocenters. The third-order valence-corrected chi connectivity index (χ3v) is 11.5. The molecule has 3 aromatic heterocycles. The average molecular weight is 727 g/mol. The number of halogens is 2. The van der Waals surface area contributed by atoms with E-state index in [9.17, 15) is 9.90 Å². The lowest BCUT2D eigenvalue weighted by Gasteiger charge is -2.35. The van der Waals surface area contributed by atoms with Crippen LogP contribution >= 0.6 is 23.2 Å². The quantitative estimate of drug-likeness (QED) is 0.158. The molecule has 6 aromatic rings. The molecule has 1 atom stereocenters. The van der Waals surface area contributed by atoms with Gasteiger partial charge in [0.25, 0.3) is 5.91 Å². The number of hydrogen-bond donors (Lipinski definition) is 1. The SMILES string of the molecule is Cc1cc(OCCCc2c3n(c4c(-c5c(C)nn(C)c5C)c(Cl)ccc24)C(C)CN(c2cccc4c(C(=O)O)c(C)n(C)c24)C3=O)cc(C)c1Cl. The van der Waals surface area contributed by atoms with Crippen LogP contribution in [0.5, 0.6) is 5.75 Å². The fourth-order valence-electron chi connectivity index (χ4n) is 8.04. The summed E-state index contributed by atoms with van der Waals surface area (Å²) in [4.78, 5) is 29.2. The van der Waals surface area contributed by atoms with Crippen LogP contribution in [0.25, 0.3) is 32.9 Å². The molecular weight excluding hydrogens is 685 g/mol. The van der Waals surface area contributed by atoms with E-state index in [1.165, 1.54) is 0 Å². The van der Waals surface area contributed by atoms with E-state index in [1.54, 1.807) is 6.92 Å². The largest absolute Gasteiger partial charge is 0.494 e. The molecule has 1 N–H and O–H groups in total. The van der Waals surface area contributed by atoms with E-state index in [1.807, 2.05) is 98.4 Å². The van der Waals surface area contributed by atoms with Crippen molar-refractivity contribution in [3.8, 4) is 16.9 Å². The summed E-state index contributed by atoms with van der Waals surface area (Å²) in [6, 6.07) is 13.2. The van der Waals surface area contributed by atoms with Crippen molar-refractivity contribution in [3.05, 3.63) is 97.5 Å². The van der Waals surface area contributed by atoms with E-state index in [-0.39, 0.29) is 17.5 Å². The van der Waals surface area contributed by atoms with E-state index in [0.29, 0.717) is 59.0 Å². The molecule has 0 fully saturated rings. The lowest BCUT2D eigenvalue weighted by molar-refractivity contribution is 0.0697. The average Bonchev–Trinajstić information content (AvgIpc) is 3.65. The van der Waals surface area contributed by atoms with Gasteiger partial charge in [-0.2, -0.15) is 5.10 Å². The number of ether oxygens (including phenoxy) is 1. The maximum atomic E-state index is 15.1. The minimum absolute atomic E-state index is 0.143. The Morgan fingerprint density at radius 1 is 0.961 bits per heavy atom. The third kappa shape index (κ3) is 5.40. The van der Waals surface area contributed by atoms with Gasteiger partial charge >= 0.3 is 5.97 Å². The zero-order valence-corrected chi connectivity index (χ0v) is 31.6. The first-order valence-electron chi connectivity index (χ1n) is 17.1. The molecule has 0 aliphatic carbocycles. The Hall–Kier alpha value is -4.73. The van der Waals surface area contributed by atoms with E-state index >= 15 is 4.79 Å². The second-order valence-electron chi connectivity index (χ2n) is 13.8. The monoisotopic (exact) mass is 725 g/mol. The Balaban J connectivity index is 1.39. The van der Waals surface area contributed by atoms with Crippen LogP contribution < -0.4 is 9.64 Å². The molecule has 0 saturated carbocycles. The molecule has 4 heterocycles. The molecule has 3 aromatic carbocycles. The molecule has 264 valence electrons. The second kappa shape index (κ2) is 12.8. The van der Waals surface area contributed by atoms with Crippen molar-refractivity contribution >= 4 is 62.6 Å². The zero-order valence-electron chi connectivity index (χ0n) is 30.1. The highest BCUT2D eigenvalue weighted by atomic mass is 35.5. The van der Waals surface area contributed by atoms with Gasteiger partial charge in [0.1, 0.15) is 11.4 Å². The van der Waals surface area contributed by atoms with Crippen molar-refractivity contribution in [1.29, 1.82) is 0 Å². The van der Waals surface area contributed by atoms with Crippen molar-refractivity contribution in [2.75, 3.05) is 18.1 Å². The Morgan fingerprint density at radius 2 is 1.67 bits per heavy atom. The van der Waals surface area contributed by atoms with Gasteiger partial charge in [0.15, 0.2) is 0 Å². The lowest BCUT2D eigenvalue weighted by Crippen LogP contribution is -2.43. The summed E-state index contributed by atoms with van der Waals surface area (Å²) in [6.07, 6.45) is 1.24. The fraction of sp³-hybridized carbons (Fsp3) is 0.325. The molecule has 51 heavy (non-hydrogen) atoms. The number of hydrogen-bond acceptors (Lipinski definition) is 4. The molecule has 7 rings (SSSR count). The van der Waals surface area contributed by atoms with E-state index in [4.69, 9.17) is 33.0 Å². The van der Waals surface area contributed by atoms with Gasteiger partial charge in [0.2, 0.25) is 0 Å². The first-order valence-corrected chi connectivity index (χ1v) is 17.9. The van der Waals surface area contributed by atoms with Crippen molar-refractivity contribution < 1.29 is 19.4 Å². The first-order chi connectivity index (χ1) is 24.2. The number of amides is 1. The standard InChI is InChI=1S/C40H41Cl2N5O4/c1-20-17-26(18-21(2)35(20)42)51-16-10-12-27-28-14-15-30(41)34(32-23(4)43-45(8)25(32)6)37(28)47-22(3)19-46(39(48)38(27)47)31-13-9-11-29-33(40(49)50)24(5)44(7)36(29)31/h9,11,13-15,17-18,22H,10,12,16,19H2,1-8H3,(H,49,50). The molecule has 0 bridgehead atoms. The lowest BCUT2D eigenvalue weighted by atomic mass is 9.98. The summed E-state index contributed by atoms with van der Waals surface area (Å²) in [5.41, 5.74) is 10.3. The summed E-state index contributed by atoms with van der Waals surface area (Å²) in [6.45, 7) is 12.7. The number of carboxylic acids is 1. The minimum Gasteiger partial charge on any atom is -0.494 e. The number of aromatic carboxylic acids is 1. The predicted molar refractivity (Wildman–Crippen MR) is 204 cm³/mol. The van der Waals surface area contributed by atoms with Gasteiger partial charge in [-0.3, -0.25) is 9.48 Å². The van der Waals surface area contributed by atoms with E-state index < -0.39 is 5.97 Å². The summed E-state index contributed by atoms with van der Waals surface area (Å²) in [7, 11) is 3.78. The Labute approximate surface area is 306 Å². The molecule has 1 aliphatic rings. The molecule has 1 aliphatic heterocycles. The van der Waals surface area contributed by atoms with Gasteiger partial charge in [0.05, 0.1) is 39.6 Å². The van der Waals surface area contributed by atoms with Crippen LogP contribution in [0.2, 0.25) is 10.0 Å². The van der Waals surface area contributed by atoms with Gasteiger partial charge in [-0.05, 0) is 95.3 Å². The number of aromatic nitrogens is 4. The van der Waals surface area contributed by atoms with Crippen molar-refractivity contribution in [1.82, 2.24) is 18.9 Å². The maximum absolute atomic E-state index is 15.1. The molecular formula is C40H41Cl2N5O4. The van der Waals surface area contributed by atoms with E-state index in [0.717, 1.165) is 60.9 Å². The molecule has 0 spiro atoms. The highest BCUT2D eigenvalue weighted by Crippen LogP contribution is 2.46. The Bertz CT molecular complexity index is 2410. The highest BCUT2D eigenvalue weighted by Gasteiger charge is 2.38. The Kier molecular flexibility index (Phi) is 8.71. The molecule has 11 heteroatoms. The Morgan fingerprint density at radius 3 is 2.31 bits per heavy atom. The predicted octanol–water partition coefficient (Wildman–Crippen LogP) is 9.31. The van der Waals surface area contributed by atoms with Crippen LogP contribution in [0.3, 0.4) is 0 Å². The molecule has 1 amide bonds. The third-order valence-electron chi connectivity index (χ3n) is 10.6. The zero-order chi connectivity index (χ0) is 36.6. The highest BCUT2D eigenvalue weighted by molar-refractivity contribution is 6.35. The summed E-state index contributed by atoms with van der Waals surface area (Å²) in [5.74, 6) is -0.376. The van der Waals surface area contributed by atoms with Crippen LogP contribution in [0.15, 0.2) is 42.5 Å². The first kappa shape index (κ1) is 34.7. The van der Waals surface area contributed by atoms with Gasteiger partial charge in [-0.15, -0.1) is 0 Å². The maximum Gasteiger partial charge on any atom is 0.338 e. The number of nitrogens with zero attached hydrogens (tertiary/aromatic N) is 5. The number of para-hydroxylation sites is 1. The van der Waals surface area contributed by atoms with Gasteiger partial charge in [-0.1, -0.05) is 41.4 Å². The van der Waals surface area contributed by atoms with Crippen LogP contribution in [0.1, 0.15) is 74.0 Å². The van der Waals surface area contributed by atoms with Crippen LogP contribution in [0.4, 0.5) is 5.69 Å². The molecule has 0 radical (unpaired) electrons.